The van der Waals surface area contributed by atoms with E-state index in [-0.39, 0.29) is 0 Å². The third-order valence-corrected chi connectivity index (χ3v) is 2.24. The highest BCUT2D eigenvalue weighted by Gasteiger charge is 2.11. The van der Waals surface area contributed by atoms with Crippen molar-refractivity contribution in [2.24, 2.45) is 0 Å². The zero-order valence-electron chi connectivity index (χ0n) is 7.07. The number of likely N-dealkylation sites (tertiary alicyclic amines) is 1. The average Bonchev–Trinajstić information content (AvgIpc) is 2.59. The predicted octanol–water partition coefficient (Wildman–Crippen LogP) is 1.06. The van der Waals surface area contributed by atoms with Gasteiger partial charge in [-0.05, 0) is 25.9 Å². The SMILES string of the molecule is c1onnc1CN1CCCCC1. The molecule has 0 saturated carbocycles. The van der Waals surface area contributed by atoms with E-state index in [1.165, 1.54) is 32.4 Å². The number of hydrogen-bond donors (Lipinski definition) is 0. The van der Waals surface area contributed by atoms with Crippen molar-refractivity contribution in [1.82, 2.24) is 15.3 Å². The second-order valence-corrected chi connectivity index (χ2v) is 3.23. The quantitative estimate of drug-likeness (QED) is 0.660. The molecule has 12 heavy (non-hydrogen) atoms. The van der Waals surface area contributed by atoms with Crippen molar-refractivity contribution in [3.05, 3.63) is 12.0 Å². The van der Waals surface area contributed by atoms with Crippen LogP contribution in [0.4, 0.5) is 0 Å². The molecule has 1 fully saturated rings. The van der Waals surface area contributed by atoms with Gasteiger partial charge in [0.15, 0.2) is 0 Å². The van der Waals surface area contributed by atoms with Crippen LogP contribution < -0.4 is 0 Å². The van der Waals surface area contributed by atoms with Crippen LogP contribution in [0.1, 0.15) is 25.0 Å². The van der Waals surface area contributed by atoms with E-state index in [9.17, 15) is 0 Å². The van der Waals surface area contributed by atoms with E-state index in [1.54, 1.807) is 6.26 Å². The summed E-state index contributed by atoms with van der Waals surface area (Å²) < 4.78 is 4.67. The molecule has 0 aromatic carbocycles. The summed E-state index contributed by atoms with van der Waals surface area (Å²) in [6, 6.07) is 0. The van der Waals surface area contributed by atoms with Crippen LogP contribution >= 0.6 is 0 Å². The van der Waals surface area contributed by atoms with Crippen LogP contribution in [0.2, 0.25) is 0 Å². The molecule has 0 unspecified atom stereocenters. The van der Waals surface area contributed by atoms with Gasteiger partial charge in [0.25, 0.3) is 0 Å². The molecule has 4 heteroatoms. The molecule has 0 amide bonds. The Morgan fingerprint density at radius 1 is 1.33 bits per heavy atom. The van der Waals surface area contributed by atoms with Crippen LogP contribution in [0.3, 0.4) is 0 Å². The van der Waals surface area contributed by atoms with Gasteiger partial charge in [-0.2, -0.15) is 0 Å². The minimum atomic E-state index is 0.892. The predicted molar refractivity (Wildman–Crippen MR) is 43.4 cm³/mol. The maximum Gasteiger partial charge on any atom is 0.148 e. The van der Waals surface area contributed by atoms with E-state index in [0.717, 1.165) is 12.2 Å². The fourth-order valence-corrected chi connectivity index (χ4v) is 1.60. The summed E-state index contributed by atoms with van der Waals surface area (Å²) in [6.07, 6.45) is 5.61. The van der Waals surface area contributed by atoms with Crippen molar-refractivity contribution in [3.63, 3.8) is 0 Å². The second-order valence-electron chi connectivity index (χ2n) is 3.23. The zero-order chi connectivity index (χ0) is 8.23. The van der Waals surface area contributed by atoms with Crippen molar-refractivity contribution < 1.29 is 4.52 Å². The molecule has 1 saturated heterocycles. The summed E-state index contributed by atoms with van der Waals surface area (Å²) in [5.41, 5.74) is 0.942. The fraction of sp³-hybridized carbons (Fsp3) is 0.750. The minimum Gasteiger partial charge on any atom is -0.345 e. The van der Waals surface area contributed by atoms with Gasteiger partial charge in [0.05, 0.1) is 0 Å². The Bertz CT molecular complexity index is 216. The Morgan fingerprint density at radius 2 is 2.17 bits per heavy atom. The largest absolute Gasteiger partial charge is 0.345 e. The van der Waals surface area contributed by atoms with Gasteiger partial charge in [0.2, 0.25) is 0 Å². The number of nitrogens with zero attached hydrogens (tertiary/aromatic N) is 3. The van der Waals surface area contributed by atoms with Crippen LogP contribution in [-0.2, 0) is 6.54 Å². The highest BCUT2D eigenvalue weighted by molar-refractivity contribution is 4.88. The highest BCUT2D eigenvalue weighted by atomic mass is 16.5. The summed E-state index contributed by atoms with van der Waals surface area (Å²) in [4.78, 5) is 2.39. The maximum absolute atomic E-state index is 4.67. The molecular weight excluding hydrogens is 154 g/mol. The standard InChI is InChI=1S/C8H13N3O/c1-2-4-11(5-3-1)6-8-7-12-10-9-8/h7H,1-6H2. The van der Waals surface area contributed by atoms with Gasteiger partial charge < -0.3 is 4.52 Å². The van der Waals surface area contributed by atoms with E-state index in [4.69, 9.17) is 0 Å². The summed E-state index contributed by atoms with van der Waals surface area (Å²) >= 11 is 0. The molecule has 1 aliphatic rings. The van der Waals surface area contributed by atoms with Crippen LogP contribution in [0.5, 0.6) is 0 Å². The molecule has 0 aliphatic carbocycles. The molecule has 2 heterocycles. The first-order valence-corrected chi connectivity index (χ1v) is 4.43. The molecule has 2 rings (SSSR count). The number of hydrogen-bond acceptors (Lipinski definition) is 4. The van der Waals surface area contributed by atoms with E-state index >= 15 is 0 Å². The molecule has 0 radical (unpaired) electrons. The van der Waals surface area contributed by atoms with Gasteiger partial charge in [-0.1, -0.05) is 6.42 Å². The van der Waals surface area contributed by atoms with Gasteiger partial charge in [-0.25, -0.2) is 0 Å². The third-order valence-electron chi connectivity index (χ3n) is 2.24. The van der Waals surface area contributed by atoms with Gasteiger partial charge in [-0.15, -0.1) is 5.10 Å². The molecule has 4 nitrogen and oxygen atoms in total. The molecule has 1 aromatic heterocycles. The van der Waals surface area contributed by atoms with Gasteiger partial charge in [0, 0.05) is 11.8 Å². The molecule has 0 bridgehead atoms. The number of piperidine rings is 1. The molecule has 1 aliphatic heterocycles. The molecule has 66 valence electrons. The smallest absolute Gasteiger partial charge is 0.148 e. The summed E-state index contributed by atoms with van der Waals surface area (Å²) in [6.45, 7) is 3.27. The molecule has 1 aromatic rings. The van der Waals surface area contributed by atoms with Crippen molar-refractivity contribution in [3.8, 4) is 0 Å². The van der Waals surface area contributed by atoms with Crippen molar-refractivity contribution in [2.75, 3.05) is 13.1 Å². The van der Waals surface area contributed by atoms with Crippen molar-refractivity contribution in [1.29, 1.82) is 0 Å². The lowest BCUT2D eigenvalue weighted by molar-refractivity contribution is 0.218. The molecule has 0 N–H and O–H groups in total. The average molecular weight is 167 g/mol. The summed E-state index contributed by atoms with van der Waals surface area (Å²) in [5, 5.41) is 7.29. The van der Waals surface area contributed by atoms with E-state index < -0.39 is 0 Å². The summed E-state index contributed by atoms with van der Waals surface area (Å²) in [5.74, 6) is 0. The van der Waals surface area contributed by atoms with Gasteiger partial charge >= 0.3 is 0 Å². The molecule has 0 atom stereocenters. The number of rotatable bonds is 2. The molecule has 0 spiro atoms. The Labute approximate surface area is 71.5 Å². The Balaban J connectivity index is 1.86. The second kappa shape index (κ2) is 3.67. The normalized spacial score (nSPS) is 19.7. The number of aromatic nitrogens is 2. The fourth-order valence-electron chi connectivity index (χ4n) is 1.60. The lowest BCUT2D eigenvalue weighted by Gasteiger charge is -2.24. The van der Waals surface area contributed by atoms with Gasteiger partial charge in [-0.3, -0.25) is 4.90 Å². The Kier molecular flexibility index (Phi) is 2.36. The van der Waals surface area contributed by atoms with Gasteiger partial charge in [0.1, 0.15) is 12.0 Å². The topological polar surface area (TPSA) is 42.2 Å². The zero-order valence-corrected chi connectivity index (χ0v) is 7.07. The van der Waals surface area contributed by atoms with E-state index in [1.807, 2.05) is 0 Å². The molecular formula is C8H13N3O. The van der Waals surface area contributed by atoms with Crippen molar-refractivity contribution >= 4 is 0 Å². The summed E-state index contributed by atoms with van der Waals surface area (Å²) in [7, 11) is 0. The first-order chi connectivity index (χ1) is 5.95. The van der Waals surface area contributed by atoms with E-state index in [2.05, 4.69) is 19.8 Å². The Morgan fingerprint density at radius 3 is 2.83 bits per heavy atom. The van der Waals surface area contributed by atoms with Crippen LogP contribution in [0.25, 0.3) is 0 Å². The third kappa shape index (κ3) is 1.82. The van der Waals surface area contributed by atoms with Crippen LogP contribution in [-0.4, -0.2) is 28.4 Å². The van der Waals surface area contributed by atoms with Crippen molar-refractivity contribution in [2.45, 2.75) is 25.8 Å². The highest BCUT2D eigenvalue weighted by Crippen LogP contribution is 2.10. The lowest BCUT2D eigenvalue weighted by atomic mass is 10.1. The van der Waals surface area contributed by atoms with E-state index in [0.29, 0.717) is 0 Å². The maximum atomic E-state index is 4.67. The first kappa shape index (κ1) is 7.73. The monoisotopic (exact) mass is 167 g/mol. The van der Waals surface area contributed by atoms with Crippen LogP contribution in [0.15, 0.2) is 10.8 Å². The Hall–Kier alpha value is -0.900. The van der Waals surface area contributed by atoms with Crippen LogP contribution in [0, 0.1) is 0 Å². The minimum absolute atomic E-state index is 0.892. The first-order valence-electron chi connectivity index (χ1n) is 4.43. The lowest BCUT2D eigenvalue weighted by Crippen LogP contribution is -2.29.